The molecule has 1 aliphatic rings. The van der Waals surface area contributed by atoms with Crippen molar-refractivity contribution < 1.29 is 9.59 Å². The average Bonchev–Trinajstić information content (AvgIpc) is 1.79. The standard InChI is InChI=1S/C4H5BrN2O2/c1-4(5)2(8)6-3(9)7-4/h1H3,(H2,6,7,8,9). The summed E-state index contributed by atoms with van der Waals surface area (Å²) >= 11 is 3.00. The highest BCUT2D eigenvalue weighted by atomic mass is 79.9. The van der Waals surface area contributed by atoms with Crippen molar-refractivity contribution >= 4 is 27.9 Å². The van der Waals surface area contributed by atoms with E-state index < -0.39 is 10.5 Å². The van der Waals surface area contributed by atoms with Crippen LogP contribution in [0.25, 0.3) is 0 Å². The molecule has 0 aliphatic carbocycles. The molecule has 1 aliphatic heterocycles. The van der Waals surface area contributed by atoms with Gasteiger partial charge >= 0.3 is 6.03 Å². The topological polar surface area (TPSA) is 58.2 Å². The number of carbonyl (C=O) groups excluding carboxylic acids is 2. The van der Waals surface area contributed by atoms with Gasteiger partial charge in [0.1, 0.15) is 0 Å². The lowest BCUT2D eigenvalue weighted by atomic mass is 10.3. The molecule has 1 saturated heterocycles. The van der Waals surface area contributed by atoms with E-state index >= 15 is 0 Å². The molecule has 0 spiro atoms. The summed E-state index contributed by atoms with van der Waals surface area (Å²) in [6.07, 6.45) is 0. The van der Waals surface area contributed by atoms with Crippen LogP contribution in [0.3, 0.4) is 0 Å². The van der Waals surface area contributed by atoms with E-state index in [0.717, 1.165) is 0 Å². The molecule has 4 nitrogen and oxygen atoms in total. The van der Waals surface area contributed by atoms with Crippen LogP contribution in [0.15, 0.2) is 0 Å². The number of imide groups is 1. The van der Waals surface area contributed by atoms with Gasteiger partial charge in [-0.3, -0.25) is 10.1 Å². The number of amides is 3. The van der Waals surface area contributed by atoms with Gasteiger partial charge in [0, 0.05) is 0 Å². The Morgan fingerprint density at radius 3 is 2.22 bits per heavy atom. The number of urea groups is 1. The molecule has 50 valence electrons. The van der Waals surface area contributed by atoms with Gasteiger partial charge in [-0.25, -0.2) is 4.79 Å². The second-order valence-corrected chi connectivity index (χ2v) is 3.50. The van der Waals surface area contributed by atoms with E-state index in [0.29, 0.717) is 0 Å². The summed E-state index contributed by atoms with van der Waals surface area (Å²) in [5.41, 5.74) is 0. The Labute approximate surface area is 60.1 Å². The first-order valence-corrected chi connectivity index (χ1v) is 3.14. The zero-order valence-corrected chi connectivity index (χ0v) is 6.28. The lowest BCUT2D eigenvalue weighted by molar-refractivity contribution is -0.120. The van der Waals surface area contributed by atoms with Crippen LogP contribution in [0, 0.1) is 0 Å². The van der Waals surface area contributed by atoms with Gasteiger partial charge in [0.15, 0.2) is 4.45 Å². The van der Waals surface area contributed by atoms with Crippen molar-refractivity contribution in [1.82, 2.24) is 10.6 Å². The van der Waals surface area contributed by atoms with Crippen LogP contribution in [0.5, 0.6) is 0 Å². The third-order valence-electron chi connectivity index (χ3n) is 1.00. The molecule has 1 unspecified atom stereocenters. The Balaban J connectivity index is 2.81. The van der Waals surface area contributed by atoms with E-state index in [2.05, 4.69) is 26.6 Å². The molecule has 1 atom stereocenters. The lowest BCUT2D eigenvalue weighted by Gasteiger charge is -2.08. The van der Waals surface area contributed by atoms with E-state index in [-0.39, 0.29) is 5.91 Å². The van der Waals surface area contributed by atoms with E-state index in [4.69, 9.17) is 0 Å². The summed E-state index contributed by atoms with van der Waals surface area (Å²) in [6, 6.07) is -0.459. The molecule has 0 aromatic carbocycles. The zero-order chi connectivity index (χ0) is 7.07. The minimum atomic E-state index is -0.913. The van der Waals surface area contributed by atoms with E-state index in [1.807, 2.05) is 0 Å². The second kappa shape index (κ2) is 1.70. The summed E-state index contributed by atoms with van der Waals surface area (Å²) in [6.45, 7) is 1.56. The highest BCUT2D eigenvalue weighted by Crippen LogP contribution is 2.16. The number of halogens is 1. The Bertz CT molecular complexity index is 177. The van der Waals surface area contributed by atoms with Gasteiger partial charge < -0.3 is 5.32 Å². The first kappa shape index (κ1) is 6.54. The van der Waals surface area contributed by atoms with Crippen molar-refractivity contribution in [3.05, 3.63) is 0 Å². The first-order chi connectivity index (χ1) is 4.02. The largest absolute Gasteiger partial charge is 0.323 e. The zero-order valence-electron chi connectivity index (χ0n) is 4.69. The van der Waals surface area contributed by atoms with Crippen molar-refractivity contribution in [2.24, 2.45) is 0 Å². The van der Waals surface area contributed by atoms with E-state index in [1.165, 1.54) is 0 Å². The summed E-state index contributed by atoms with van der Waals surface area (Å²) in [4.78, 5) is 21.1. The average molecular weight is 193 g/mol. The van der Waals surface area contributed by atoms with Gasteiger partial charge in [-0.2, -0.15) is 0 Å². The van der Waals surface area contributed by atoms with E-state index in [9.17, 15) is 9.59 Å². The molecule has 1 rings (SSSR count). The fraction of sp³-hybridized carbons (Fsp3) is 0.500. The fourth-order valence-corrected chi connectivity index (χ4v) is 0.801. The fourth-order valence-electron chi connectivity index (χ4n) is 0.522. The third kappa shape index (κ3) is 1.05. The molecule has 2 N–H and O–H groups in total. The number of nitrogens with one attached hydrogen (secondary N) is 2. The van der Waals surface area contributed by atoms with Crippen molar-refractivity contribution in [1.29, 1.82) is 0 Å². The molecule has 1 heterocycles. The Morgan fingerprint density at radius 2 is 2.11 bits per heavy atom. The maximum absolute atomic E-state index is 10.7. The number of carbonyl (C=O) groups is 2. The van der Waals surface area contributed by atoms with Crippen molar-refractivity contribution in [2.75, 3.05) is 0 Å². The Hall–Kier alpha value is -0.580. The van der Waals surface area contributed by atoms with Gasteiger partial charge in [0.2, 0.25) is 0 Å². The molecule has 1 fully saturated rings. The quantitative estimate of drug-likeness (QED) is 0.321. The summed E-state index contributed by atoms with van der Waals surface area (Å²) < 4.78 is -0.913. The predicted molar refractivity (Wildman–Crippen MR) is 34.0 cm³/mol. The number of rotatable bonds is 0. The molecule has 0 radical (unpaired) electrons. The van der Waals surface area contributed by atoms with Gasteiger partial charge in [-0.15, -0.1) is 0 Å². The smallest absolute Gasteiger partial charge is 0.315 e. The van der Waals surface area contributed by atoms with Crippen LogP contribution in [-0.2, 0) is 4.79 Å². The normalized spacial score (nSPS) is 34.0. The molecule has 0 saturated carbocycles. The van der Waals surface area contributed by atoms with Gasteiger partial charge in [0.05, 0.1) is 0 Å². The second-order valence-electron chi connectivity index (χ2n) is 1.91. The molecular formula is C4H5BrN2O2. The van der Waals surface area contributed by atoms with Crippen molar-refractivity contribution in [2.45, 2.75) is 11.4 Å². The Morgan fingerprint density at radius 1 is 1.56 bits per heavy atom. The SMILES string of the molecule is CC1(Br)NC(=O)NC1=O. The summed E-state index contributed by atoms with van der Waals surface area (Å²) in [5, 5.41) is 4.43. The first-order valence-electron chi connectivity index (χ1n) is 2.35. The van der Waals surface area contributed by atoms with Gasteiger partial charge in [-0.05, 0) is 6.92 Å². The number of hydrogen-bond donors (Lipinski definition) is 2. The van der Waals surface area contributed by atoms with Crippen molar-refractivity contribution in [3.63, 3.8) is 0 Å². The molecule has 9 heavy (non-hydrogen) atoms. The molecule has 0 aromatic rings. The molecule has 3 amide bonds. The minimum absolute atomic E-state index is 0.354. The highest BCUT2D eigenvalue weighted by Gasteiger charge is 2.39. The van der Waals surface area contributed by atoms with Crippen LogP contribution < -0.4 is 10.6 Å². The Kier molecular flexibility index (Phi) is 1.23. The summed E-state index contributed by atoms with van der Waals surface area (Å²) in [7, 11) is 0. The van der Waals surface area contributed by atoms with Crippen LogP contribution in [0.2, 0.25) is 0 Å². The van der Waals surface area contributed by atoms with Crippen LogP contribution >= 0.6 is 15.9 Å². The number of hydrogen-bond acceptors (Lipinski definition) is 2. The minimum Gasteiger partial charge on any atom is -0.315 e. The molecule has 5 heteroatoms. The van der Waals surface area contributed by atoms with E-state index in [1.54, 1.807) is 6.92 Å². The lowest BCUT2D eigenvalue weighted by Crippen LogP contribution is -2.36. The van der Waals surface area contributed by atoms with Gasteiger partial charge in [0.25, 0.3) is 5.91 Å². The maximum Gasteiger partial charge on any atom is 0.323 e. The van der Waals surface area contributed by atoms with Crippen LogP contribution in [0.4, 0.5) is 4.79 Å². The van der Waals surface area contributed by atoms with Crippen LogP contribution in [-0.4, -0.2) is 16.4 Å². The van der Waals surface area contributed by atoms with Crippen LogP contribution in [0.1, 0.15) is 6.92 Å². The number of alkyl halides is 1. The molecule has 0 bridgehead atoms. The highest BCUT2D eigenvalue weighted by molar-refractivity contribution is 9.10. The predicted octanol–water partition coefficient (Wildman–Crippen LogP) is -0.0631. The van der Waals surface area contributed by atoms with Gasteiger partial charge in [-0.1, -0.05) is 15.9 Å². The third-order valence-corrected chi connectivity index (χ3v) is 1.56. The monoisotopic (exact) mass is 192 g/mol. The molecular weight excluding hydrogens is 188 g/mol. The summed E-state index contributed by atoms with van der Waals surface area (Å²) in [5.74, 6) is -0.354. The van der Waals surface area contributed by atoms with Crippen molar-refractivity contribution in [3.8, 4) is 0 Å². The maximum atomic E-state index is 10.7. The molecule has 0 aromatic heterocycles.